The van der Waals surface area contributed by atoms with Crippen LogP contribution in [0.3, 0.4) is 0 Å². The van der Waals surface area contributed by atoms with E-state index in [9.17, 15) is 4.79 Å². The van der Waals surface area contributed by atoms with Gasteiger partial charge in [0.1, 0.15) is 0 Å². The molecule has 4 heteroatoms. The lowest BCUT2D eigenvalue weighted by atomic mass is 9.96. The van der Waals surface area contributed by atoms with Crippen molar-refractivity contribution in [3.63, 3.8) is 0 Å². The molecule has 0 aromatic heterocycles. The van der Waals surface area contributed by atoms with Crippen LogP contribution in [0.25, 0.3) is 0 Å². The van der Waals surface area contributed by atoms with E-state index in [0.717, 1.165) is 13.1 Å². The third-order valence-corrected chi connectivity index (χ3v) is 4.05. The van der Waals surface area contributed by atoms with Crippen LogP contribution in [0.4, 0.5) is 0 Å². The lowest BCUT2D eigenvalue weighted by Crippen LogP contribution is -2.45. The largest absolute Gasteiger partial charge is 0.355 e. The van der Waals surface area contributed by atoms with E-state index in [2.05, 4.69) is 24.1 Å². The summed E-state index contributed by atoms with van der Waals surface area (Å²) in [6, 6.07) is 0.523. The van der Waals surface area contributed by atoms with Crippen LogP contribution in [0.15, 0.2) is 0 Å². The molecule has 1 fully saturated rings. The molecule has 0 aliphatic carbocycles. The topological polar surface area (TPSA) is 58.4 Å². The summed E-state index contributed by atoms with van der Waals surface area (Å²) < 4.78 is 0. The third kappa shape index (κ3) is 4.58. The van der Waals surface area contributed by atoms with Crippen molar-refractivity contribution in [2.24, 2.45) is 17.6 Å². The van der Waals surface area contributed by atoms with Gasteiger partial charge in [-0.15, -0.1) is 0 Å². The molecule has 4 nitrogen and oxygen atoms in total. The van der Waals surface area contributed by atoms with Crippen LogP contribution in [0, 0.1) is 11.8 Å². The fourth-order valence-corrected chi connectivity index (χ4v) is 2.38. The Bertz CT molecular complexity index is 266. The number of hydrogen-bond acceptors (Lipinski definition) is 3. The number of piperidine rings is 1. The fourth-order valence-electron chi connectivity index (χ4n) is 2.38. The number of carbonyl (C=O) groups excluding carboxylic acids is 1. The van der Waals surface area contributed by atoms with E-state index in [1.165, 1.54) is 19.4 Å². The molecule has 1 rings (SSSR count). The molecule has 1 saturated heterocycles. The van der Waals surface area contributed by atoms with Crippen molar-refractivity contribution in [2.45, 2.75) is 52.6 Å². The molecule has 1 aliphatic heterocycles. The standard InChI is InChI=1S/C14H29N3O/c1-10(2)17-7-5-6-13(9-17)8-16-14(18)11(3)12(4)15/h10-13H,5-9,15H2,1-4H3,(H,16,18). The molecule has 0 bridgehead atoms. The predicted octanol–water partition coefficient (Wildman–Crippen LogP) is 1.21. The maximum atomic E-state index is 11.8. The highest BCUT2D eigenvalue weighted by Crippen LogP contribution is 2.17. The van der Waals surface area contributed by atoms with Crippen LogP contribution in [-0.4, -0.2) is 42.5 Å². The van der Waals surface area contributed by atoms with Crippen molar-refractivity contribution in [1.29, 1.82) is 0 Å². The number of rotatable bonds is 5. The summed E-state index contributed by atoms with van der Waals surface area (Å²) in [5.41, 5.74) is 5.74. The van der Waals surface area contributed by atoms with Crippen LogP contribution in [0.5, 0.6) is 0 Å². The van der Waals surface area contributed by atoms with Crippen LogP contribution < -0.4 is 11.1 Å². The van der Waals surface area contributed by atoms with Crippen LogP contribution in [-0.2, 0) is 4.79 Å². The smallest absolute Gasteiger partial charge is 0.224 e. The van der Waals surface area contributed by atoms with Crippen LogP contribution >= 0.6 is 0 Å². The second kappa shape index (κ2) is 7.10. The number of nitrogens with two attached hydrogens (primary N) is 1. The molecule has 3 atom stereocenters. The average molecular weight is 255 g/mol. The van der Waals surface area contributed by atoms with E-state index in [4.69, 9.17) is 5.73 Å². The maximum absolute atomic E-state index is 11.8. The van der Waals surface area contributed by atoms with Gasteiger partial charge in [-0.1, -0.05) is 6.92 Å². The molecule has 1 heterocycles. The minimum atomic E-state index is -0.102. The molecule has 3 unspecified atom stereocenters. The van der Waals surface area contributed by atoms with Gasteiger partial charge in [-0.05, 0) is 46.1 Å². The summed E-state index contributed by atoms with van der Waals surface area (Å²) in [7, 11) is 0. The summed E-state index contributed by atoms with van der Waals surface area (Å²) in [5, 5.41) is 3.05. The Morgan fingerprint density at radius 3 is 2.61 bits per heavy atom. The van der Waals surface area contributed by atoms with Gasteiger partial charge in [0.2, 0.25) is 5.91 Å². The second-order valence-corrected chi connectivity index (χ2v) is 5.99. The first-order valence-corrected chi connectivity index (χ1v) is 7.19. The fraction of sp³-hybridized carbons (Fsp3) is 0.929. The van der Waals surface area contributed by atoms with Crippen LogP contribution in [0.1, 0.15) is 40.5 Å². The lowest BCUT2D eigenvalue weighted by Gasteiger charge is -2.35. The van der Waals surface area contributed by atoms with Gasteiger partial charge in [-0.2, -0.15) is 0 Å². The van der Waals surface area contributed by atoms with Crippen LogP contribution in [0.2, 0.25) is 0 Å². The quantitative estimate of drug-likeness (QED) is 0.776. The molecule has 0 spiro atoms. The van der Waals surface area contributed by atoms with Crippen molar-refractivity contribution >= 4 is 5.91 Å². The summed E-state index contributed by atoms with van der Waals surface area (Å²) >= 11 is 0. The molecule has 18 heavy (non-hydrogen) atoms. The molecule has 3 N–H and O–H groups in total. The maximum Gasteiger partial charge on any atom is 0.224 e. The first-order valence-electron chi connectivity index (χ1n) is 7.19. The zero-order valence-electron chi connectivity index (χ0n) is 12.3. The Morgan fingerprint density at radius 1 is 1.39 bits per heavy atom. The SMILES string of the molecule is CC(N)C(C)C(=O)NCC1CCCN(C(C)C)C1. The van der Waals surface area contributed by atoms with Gasteiger partial charge in [0.15, 0.2) is 0 Å². The third-order valence-electron chi connectivity index (χ3n) is 4.05. The highest BCUT2D eigenvalue weighted by Gasteiger charge is 2.23. The zero-order valence-corrected chi connectivity index (χ0v) is 12.3. The molecular formula is C14H29N3O. The van der Waals surface area contributed by atoms with E-state index < -0.39 is 0 Å². The average Bonchev–Trinajstić information content (AvgIpc) is 2.35. The van der Waals surface area contributed by atoms with Gasteiger partial charge in [0, 0.05) is 31.1 Å². The predicted molar refractivity (Wildman–Crippen MR) is 75.3 cm³/mol. The number of amides is 1. The Labute approximate surface area is 111 Å². The highest BCUT2D eigenvalue weighted by atomic mass is 16.1. The summed E-state index contributed by atoms with van der Waals surface area (Å²) in [4.78, 5) is 14.3. The Morgan fingerprint density at radius 2 is 2.06 bits per heavy atom. The lowest BCUT2D eigenvalue weighted by molar-refractivity contribution is -0.125. The molecule has 0 aromatic carbocycles. The molecule has 0 saturated carbocycles. The van der Waals surface area contributed by atoms with Gasteiger partial charge in [-0.25, -0.2) is 0 Å². The summed E-state index contributed by atoms with van der Waals surface area (Å²) in [5.74, 6) is 0.576. The second-order valence-electron chi connectivity index (χ2n) is 5.99. The molecular weight excluding hydrogens is 226 g/mol. The van der Waals surface area contributed by atoms with Crippen molar-refractivity contribution in [1.82, 2.24) is 10.2 Å². The Kier molecular flexibility index (Phi) is 6.09. The minimum Gasteiger partial charge on any atom is -0.355 e. The molecule has 106 valence electrons. The zero-order chi connectivity index (χ0) is 13.7. The van der Waals surface area contributed by atoms with E-state index in [0.29, 0.717) is 12.0 Å². The van der Waals surface area contributed by atoms with Crippen molar-refractivity contribution < 1.29 is 4.79 Å². The minimum absolute atomic E-state index is 0.0801. The number of hydrogen-bond donors (Lipinski definition) is 2. The Balaban J connectivity index is 2.32. The summed E-state index contributed by atoms with van der Waals surface area (Å²) in [6.07, 6.45) is 2.46. The van der Waals surface area contributed by atoms with E-state index in [-0.39, 0.29) is 17.9 Å². The van der Waals surface area contributed by atoms with E-state index >= 15 is 0 Å². The van der Waals surface area contributed by atoms with Crippen molar-refractivity contribution in [3.05, 3.63) is 0 Å². The molecule has 1 aliphatic rings. The first-order chi connectivity index (χ1) is 8.41. The van der Waals surface area contributed by atoms with Gasteiger partial charge in [-0.3, -0.25) is 4.79 Å². The molecule has 1 amide bonds. The van der Waals surface area contributed by atoms with E-state index in [1.54, 1.807) is 0 Å². The molecule has 0 aromatic rings. The highest BCUT2D eigenvalue weighted by molar-refractivity contribution is 5.78. The normalized spacial score (nSPS) is 24.9. The summed E-state index contributed by atoms with van der Waals surface area (Å²) in [6.45, 7) is 11.3. The number of nitrogens with zero attached hydrogens (tertiary/aromatic N) is 1. The van der Waals surface area contributed by atoms with Gasteiger partial charge < -0.3 is 16.0 Å². The van der Waals surface area contributed by atoms with Crippen molar-refractivity contribution in [2.75, 3.05) is 19.6 Å². The van der Waals surface area contributed by atoms with Gasteiger partial charge >= 0.3 is 0 Å². The van der Waals surface area contributed by atoms with E-state index in [1.807, 2.05) is 13.8 Å². The monoisotopic (exact) mass is 255 g/mol. The molecule has 0 radical (unpaired) electrons. The first kappa shape index (κ1) is 15.4. The number of likely N-dealkylation sites (tertiary alicyclic amines) is 1. The Hall–Kier alpha value is -0.610. The van der Waals surface area contributed by atoms with Gasteiger partial charge in [0.25, 0.3) is 0 Å². The van der Waals surface area contributed by atoms with Crippen molar-refractivity contribution in [3.8, 4) is 0 Å². The van der Waals surface area contributed by atoms with Gasteiger partial charge in [0.05, 0.1) is 0 Å². The number of nitrogens with one attached hydrogen (secondary N) is 1. The number of carbonyl (C=O) groups is 1.